The smallest absolute Gasteiger partial charge is 0.354 e. The first kappa shape index (κ1) is 12.5. The van der Waals surface area contributed by atoms with E-state index in [0.29, 0.717) is 12.1 Å². The summed E-state index contributed by atoms with van der Waals surface area (Å²) in [4.78, 5) is 29.6. The molecule has 1 aromatic rings. The van der Waals surface area contributed by atoms with Crippen molar-refractivity contribution in [2.75, 3.05) is 0 Å². The van der Waals surface area contributed by atoms with Gasteiger partial charge >= 0.3 is 17.3 Å². The van der Waals surface area contributed by atoms with Crippen LogP contribution < -0.4 is 4.74 Å². The number of hydrogen-bond donors (Lipinski definition) is 0. The number of nitrogens with zero attached hydrogens (tertiary/aromatic N) is 2. The van der Waals surface area contributed by atoms with Crippen molar-refractivity contribution in [1.82, 2.24) is 0 Å². The standard InChI is InChI=1S/C8H5FN2O6/c1-4(12)17-8-6(10(13)14)3-2-5(9)7(8)11(15)16/h2-3H,1H3. The molecule has 0 heterocycles. The van der Waals surface area contributed by atoms with Crippen molar-refractivity contribution in [3.05, 3.63) is 38.2 Å². The molecule has 0 unspecified atom stereocenters. The maximum atomic E-state index is 13.1. The van der Waals surface area contributed by atoms with Crippen LogP contribution in [-0.2, 0) is 4.79 Å². The third kappa shape index (κ3) is 2.51. The van der Waals surface area contributed by atoms with Crippen molar-refractivity contribution < 1.29 is 23.8 Å². The highest BCUT2D eigenvalue weighted by molar-refractivity contribution is 5.74. The van der Waals surface area contributed by atoms with Gasteiger partial charge in [-0.15, -0.1) is 0 Å². The molecular formula is C8H5FN2O6. The van der Waals surface area contributed by atoms with E-state index in [1.165, 1.54) is 0 Å². The Morgan fingerprint density at radius 1 is 1.29 bits per heavy atom. The van der Waals surface area contributed by atoms with Crippen molar-refractivity contribution in [3.63, 3.8) is 0 Å². The molecule has 0 saturated heterocycles. The summed E-state index contributed by atoms with van der Waals surface area (Å²) in [6.07, 6.45) is 0. The highest BCUT2D eigenvalue weighted by atomic mass is 19.1. The summed E-state index contributed by atoms with van der Waals surface area (Å²) in [7, 11) is 0. The van der Waals surface area contributed by atoms with Crippen LogP contribution in [0.25, 0.3) is 0 Å². The number of nitro benzene ring substituents is 2. The number of esters is 1. The zero-order valence-corrected chi connectivity index (χ0v) is 8.38. The van der Waals surface area contributed by atoms with Gasteiger partial charge in [0.25, 0.3) is 5.75 Å². The Hall–Kier alpha value is -2.58. The summed E-state index contributed by atoms with van der Waals surface area (Å²) in [6, 6.07) is 1.24. The summed E-state index contributed by atoms with van der Waals surface area (Å²) < 4.78 is 17.5. The van der Waals surface area contributed by atoms with Gasteiger partial charge in [-0.3, -0.25) is 25.0 Å². The number of carbonyl (C=O) groups excluding carboxylic acids is 1. The molecule has 0 aromatic heterocycles. The molecule has 90 valence electrons. The van der Waals surface area contributed by atoms with Crippen molar-refractivity contribution in [2.24, 2.45) is 0 Å². The van der Waals surface area contributed by atoms with Crippen LogP contribution in [0.5, 0.6) is 5.75 Å². The highest BCUT2D eigenvalue weighted by Crippen LogP contribution is 2.38. The molecule has 0 bridgehead atoms. The molecule has 0 N–H and O–H groups in total. The third-order valence-electron chi connectivity index (χ3n) is 1.69. The number of halogens is 1. The van der Waals surface area contributed by atoms with Crippen LogP contribution in [0.1, 0.15) is 6.92 Å². The highest BCUT2D eigenvalue weighted by Gasteiger charge is 2.32. The van der Waals surface area contributed by atoms with E-state index in [2.05, 4.69) is 4.74 Å². The molecular weight excluding hydrogens is 239 g/mol. The first-order valence-electron chi connectivity index (χ1n) is 4.14. The average Bonchev–Trinajstić information content (AvgIpc) is 2.15. The monoisotopic (exact) mass is 244 g/mol. The number of carbonyl (C=O) groups is 1. The Kier molecular flexibility index (Phi) is 3.31. The minimum atomic E-state index is -1.32. The molecule has 9 heteroatoms. The molecule has 0 atom stereocenters. The molecule has 0 amide bonds. The van der Waals surface area contributed by atoms with Gasteiger partial charge < -0.3 is 4.74 Å². The molecule has 0 aliphatic rings. The van der Waals surface area contributed by atoms with Gasteiger partial charge in [0.2, 0.25) is 5.82 Å². The first-order chi connectivity index (χ1) is 7.84. The molecule has 0 fully saturated rings. The van der Waals surface area contributed by atoms with E-state index < -0.39 is 38.8 Å². The van der Waals surface area contributed by atoms with E-state index in [4.69, 9.17) is 0 Å². The second-order valence-electron chi connectivity index (χ2n) is 2.85. The Balaban J connectivity index is 3.55. The van der Waals surface area contributed by atoms with Gasteiger partial charge in [0.15, 0.2) is 0 Å². The molecule has 0 aliphatic carbocycles. The van der Waals surface area contributed by atoms with Crippen molar-refractivity contribution in [1.29, 1.82) is 0 Å². The van der Waals surface area contributed by atoms with Crippen molar-refractivity contribution in [3.8, 4) is 5.75 Å². The number of rotatable bonds is 3. The van der Waals surface area contributed by atoms with Gasteiger partial charge in [0.1, 0.15) is 0 Å². The van der Waals surface area contributed by atoms with Crippen LogP contribution in [0.2, 0.25) is 0 Å². The second-order valence-corrected chi connectivity index (χ2v) is 2.85. The minimum absolute atomic E-state index is 0.559. The molecule has 0 saturated carbocycles. The maximum Gasteiger partial charge on any atom is 0.354 e. The fraction of sp³-hybridized carbons (Fsp3) is 0.125. The summed E-state index contributed by atoms with van der Waals surface area (Å²) in [6.45, 7) is 0.887. The zero-order valence-electron chi connectivity index (χ0n) is 8.38. The largest absolute Gasteiger partial charge is 0.412 e. The lowest BCUT2D eigenvalue weighted by Crippen LogP contribution is -2.08. The normalized spacial score (nSPS) is 9.76. The fourth-order valence-corrected chi connectivity index (χ4v) is 1.09. The van der Waals surface area contributed by atoms with Crippen LogP contribution >= 0.6 is 0 Å². The van der Waals surface area contributed by atoms with Crippen LogP contribution in [0.15, 0.2) is 12.1 Å². The summed E-state index contributed by atoms with van der Waals surface area (Å²) >= 11 is 0. The first-order valence-corrected chi connectivity index (χ1v) is 4.14. The molecule has 1 rings (SSSR count). The lowest BCUT2D eigenvalue weighted by atomic mass is 10.2. The van der Waals surface area contributed by atoms with Gasteiger partial charge in [-0.1, -0.05) is 0 Å². The second kappa shape index (κ2) is 4.51. The van der Waals surface area contributed by atoms with E-state index in [-0.39, 0.29) is 0 Å². The lowest BCUT2D eigenvalue weighted by molar-refractivity contribution is -0.397. The topological polar surface area (TPSA) is 113 Å². The third-order valence-corrected chi connectivity index (χ3v) is 1.69. The Morgan fingerprint density at radius 2 is 1.88 bits per heavy atom. The van der Waals surface area contributed by atoms with E-state index in [0.717, 1.165) is 6.92 Å². The van der Waals surface area contributed by atoms with Gasteiger partial charge in [-0.2, -0.15) is 4.39 Å². The Labute approximate surface area is 92.9 Å². The van der Waals surface area contributed by atoms with Gasteiger partial charge in [0.05, 0.1) is 9.85 Å². The molecule has 0 radical (unpaired) electrons. The summed E-state index contributed by atoms with van der Waals surface area (Å²) in [5, 5.41) is 21.1. The van der Waals surface area contributed by atoms with Crippen LogP contribution in [0.3, 0.4) is 0 Å². The fourth-order valence-electron chi connectivity index (χ4n) is 1.09. The predicted molar refractivity (Wildman–Crippen MR) is 51.0 cm³/mol. The van der Waals surface area contributed by atoms with E-state index in [1.54, 1.807) is 0 Å². The van der Waals surface area contributed by atoms with Crippen molar-refractivity contribution in [2.45, 2.75) is 6.92 Å². The van der Waals surface area contributed by atoms with Gasteiger partial charge in [-0.05, 0) is 6.07 Å². The van der Waals surface area contributed by atoms with Crippen LogP contribution in [0, 0.1) is 26.0 Å². The van der Waals surface area contributed by atoms with Gasteiger partial charge in [0, 0.05) is 13.0 Å². The van der Waals surface area contributed by atoms with Crippen LogP contribution in [0.4, 0.5) is 15.8 Å². The van der Waals surface area contributed by atoms with E-state index in [9.17, 15) is 29.4 Å². The number of benzene rings is 1. The van der Waals surface area contributed by atoms with Crippen molar-refractivity contribution >= 4 is 17.3 Å². The number of ether oxygens (including phenoxy) is 1. The molecule has 0 spiro atoms. The predicted octanol–water partition coefficient (Wildman–Crippen LogP) is 1.57. The Morgan fingerprint density at radius 3 is 2.29 bits per heavy atom. The molecule has 0 aliphatic heterocycles. The zero-order chi connectivity index (χ0) is 13.2. The van der Waals surface area contributed by atoms with Crippen LogP contribution in [-0.4, -0.2) is 15.8 Å². The lowest BCUT2D eigenvalue weighted by Gasteiger charge is -2.03. The summed E-state index contributed by atoms with van der Waals surface area (Å²) in [5.41, 5.74) is -2.09. The number of nitro groups is 2. The quantitative estimate of drug-likeness (QED) is 0.345. The number of hydrogen-bond acceptors (Lipinski definition) is 6. The van der Waals surface area contributed by atoms with E-state index in [1.807, 2.05) is 0 Å². The molecule has 1 aromatic carbocycles. The SMILES string of the molecule is CC(=O)Oc1c([N+](=O)[O-])ccc(F)c1[N+](=O)[O-]. The Bertz CT molecular complexity index is 515. The molecule has 17 heavy (non-hydrogen) atoms. The minimum Gasteiger partial charge on any atom is -0.412 e. The van der Waals surface area contributed by atoms with E-state index >= 15 is 0 Å². The summed E-state index contributed by atoms with van der Waals surface area (Å²) in [5.74, 6) is -3.36. The van der Waals surface area contributed by atoms with Gasteiger partial charge in [-0.25, -0.2) is 0 Å². The molecule has 8 nitrogen and oxygen atoms in total. The average molecular weight is 244 g/mol. The maximum absolute atomic E-state index is 13.1.